The van der Waals surface area contributed by atoms with Crippen molar-refractivity contribution in [3.63, 3.8) is 0 Å². The van der Waals surface area contributed by atoms with Gasteiger partial charge in [0.05, 0.1) is 13.0 Å². The van der Waals surface area contributed by atoms with Crippen LogP contribution in [0.1, 0.15) is 62.2 Å². The molecule has 1 aliphatic carbocycles. The van der Waals surface area contributed by atoms with Crippen molar-refractivity contribution >= 4 is 11.8 Å². The molecule has 0 spiro atoms. The second-order valence-electron chi connectivity index (χ2n) is 6.75. The van der Waals surface area contributed by atoms with Gasteiger partial charge >= 0.3 is 5.97 Å². The highest BCUT2D eigenvalue weighted by Crippen LogP contribution is 2.52. The van der Waals surface area contributed by atoms with E-state index in [1.54, 1.807) is 31.4 Å². The fourth-order valence-electron chi connectivity index (χ4n) is 3.58. The number of hydrogen-bond donors (Lipinski definition) is 1. The highest BCUT2D eigenvalue weighted by atomic mass is 16.5. The molecule has 0 amide bonds. The summed E-state index contributed by atoms with van der Waals surface area (Å²) < 4.78 is 5.09. The number of carbonyl (C=O) groups excluding carboxylic acids is 1. The molecule has 132 valence electrons. The van der Waals surface area contributed by atoms with Crippen molar-refractivity contribution < 1.29 is 19.4 Å². The molecule has 3 atom stereocenters. The first kappa shape index (κ1) is 18.5. The quantitative estimate of drug-likeness (QED) is 0.476. The number of rotatable bonds is 11. The second kappa shape index (κ2) is 8.86. The van der Waals surface area contributed by atoms with Crippen LogP contribution in [0.2, 0.25) is 0 Å². The van der Waals surface area contributed by atoms with Crippen LogP contribution in [0, 0.1) is 17.8 Å². The van der Waals surface area contributed by atoms with E-state index in [-0.39, 0.29) is 23.5 Å². The van der Waals surface area contributed by atoms with Gasteiger partial charge in [0.25, 0.3) is 0 Å². The Hall–Kier alpha value is -1.84. The number of hydrogen-bond acceptors (Lipinski definition) is 3. The third-order valence-electron chi connectivity index (χ3n) is 5.09. The smallest absolute Gasteiger partial charge is 0.307 e. The maximum atomic E-state index is 12.4. The van der Waals surface area contributed by atoms with Gasteiger partial charge in [-0.3, -0.25) is 9.59 Å². The molecule has 1 aromatic rings. The van der Waals surface area contributed by atoms with E-state index in [0.717, 1.165) is 19.3 Å². The van der Waals surface area contributed by atoms with Crippen molar-refractivity contribution in [2.75, 3.05) is 7.11 Å². The van der Waals surface area contributed by atoms with E-state index in [1.165, 1.54) is 19.3 Å². The van der Waals surface area contributed by atoms with Crippen LogP contribution < -0.4 is 4.74 Å². The van der Waals surface area contributed by atoms with E-state index < -0.39 is 5.97 Å². The SMILES string of the molecule is CCCCCCC[C@H]1[C@H](CC(=O)c2ccc(OC)cc2)[C@H]1C(=O)O. The Balaban J connectivity index is 1.84. The van der Waals surface area contributed by atoms with Crippen LogP contribution in [0.5, 0.6) is 5.75 Å². The number of unbranched alkanes of at least 4 members (excludes halogenated alkanes) is 4. The zero-order chi connectivity index (χ0) is 17.5. The first-order chi connectivity index (χ1) is 11.6. The Labute approximate surface area is 144 Å². The van der Waals surface area contributed by atoms with Gasteiger partial charge in [-0.05, 0) is 42.5 Å². The van der Waals surface area contributed by atoms with Crippen LogP contribution >= 0.6 is 0 Å². The second-order valence-corrected chi connectivity index (χ2v) is 6.75. The number of Topliss-reactive ketones (excluding diaryl/α,β-unsaturated/α-hetero) is 1. The molecule has 2 rings (SSSR count). The maximum absolute atomic E-state index is 12.4. The van der Waals surface area contributed by atoms with Gasteiger partial charge in [0.15, 0.2) is 5.78 Å². The van der Waals surface area contributed by atoms with Gasteiger partial charge in [0.1, 0.15) is 5.75 Å². The molecule has 24 heavy (non-hydrogen) atoms. The lowest BCUT2D eigenvalue weighted by Gasteiger charge is -2.03. The molecule has 4 heteroatoms. The van der Waals surface area contributed by atoms with Crippen molar-refractivity contribution in [3.05, 3.63) is 29.8 Å². The summed E-state index contributed by atoms with van der Waals surface area (Å²) in [5, 5.41) is 9.36. The Morgan fingerprint density at radius 2 is 1.71 bits per heavy atom. The average Bonchev–Trinajstić information content (AvgIpc) is 3.27. The molecule has 1 aromatic carbocycles. The van der Waals surface area contributed by atoms with E-state index in [9.17, 15) is 14.7 Å². The van der Waals surface area contributed by atoms with Crippen molar-refractivity contribution in [3.8, 4) is 5.75 Å². The Morgan fingerprint density at radius 3 is 2.29 bits per heavy atom. The summed E-state index contributed by atoms with van der Waals surface area (Å²) >= 11 is 0. The minimum absolute atomic E-state index is 0.00303. The van der Waals surface area contributed by atoms with Gasteiger partial charge in [0.2, 0.25) is 0 Å². The molecular weight excluding hydrogens is 304 g/mol. The number of benzene rings is 1. The standard InChI is InChI=1S/C20H28O4/c1-3-4-5-6-7-8-16-17(19(16)20(22)23)13-18(21)14-9-11-15(24-2)12-10-14/h9-12,16-17,19H,3-8,13H2,1-2H3,(H,22,23)/t16-,17-,19-/m0/s1. The molecule has 0 aliphatic heterocycles. The first-order valence-corrected chi connectivity index (χ1v) is 8.98. The minimum atomic E-state index is -0.749. The number of carbonyl (C=O) groups is 2. The lowest BCUT2D eigenvalue weighted by molar-refractivity contribution is -0.139. The zero-order valence-electron chi connectivity index (χ0n) is 14.7. The predicted molar refractivity (Wildman–Crippen MR) is 93.4 cm³/mol. The van der Waals surface area contributed by atoms with Crippen LogP contribution in [0.3, 0.4) is 0 Å². The third-order valence-corrected chi connectivity index (χ3v) is 5.09. The van der Waals surface area contributed by atoms with Gasteiger partial charge in [0, 0.05) is 12.0 Å². The topological polar surface area (TPSA) is 63.6 Å². The molecule has 1 aliphatic rings. The molecule has 0 radical (unpaired) electrons. The predicted octanol–water partition coefficient (Wildman–Crippen LogP) is 4.58. The van der Waals surface area contributed by atoms with Crippen molar-refractivity contribution in [2.24, 2.45) is 17.8 Å². The Morgan fingerprint density at radius 1 is 1.04 bits per heavy atom. The Bertz CT molecular complexity index is 549. The zero-order valence-corrected chi connectivity index (χ0v) is 14.7. The summed E-state index contributed by atoms with van der Waals surface area (Å²) in [4.78, 5) is 23.8. The summed E-state index contributed by atoms with van der Waals surface area (Å²) in [6.45, 7) is 2.18. The van der Waals surface area contributed by atoms with Gasteiger partial charge in [-0.2, -0.15) is 0 Å². The monoisotopic (exact) mass is 332 g/mol. The lowest BCUT2D eigenvalue weighted by Crippen LogP contribution is -2.04. The summed E-state index contributed by atoms with van der Waals surface area (Å²) in [7, 11) is 1.59. The van der Waals surface area contributed by atoms with E-state index in [0.29, 0.717) is 17.7 Å². The summed E-state index contributed by atoms with van der Waals surface area (Å²) in [5.41, 5.74) is 0.633. The molecule has 0 bridgehead atoms. The fourth-order valence-corrected chi connectivity index (χ4v) is 3.58. The number of methoxy groups -OCH3 is 1. The summed E-state index contributed by atoms with van der Waals surface area (Å²) in [6.07, 6.45) is 7.17. The number of ketones is 1. The molecule has 1 fully saturated rings. The molecule has 4 nitrogen and oxygen atoms in total. The molecule has 1 saturated carbocycles. The molecule has 0 unspecified atom stereocenters. The molecule has 0 aromatic heterocycles. The first-order valence-electron chi connectivity index (χ1n) is 8.98. The average molecular weight is 332 g/mol. The summed E-state index contributed by atoms with van der Waals surface area (Å²) in [5.74, 6) is -0.164. The van der Waals surface area contributed by atoms with E-state index in [1.807, 2.05) is 0 Å². The van der Waals surface area contributed by atoms with Gasteiger partial charge in [-0.25, -0.2) is 0 Å². The summed E-state index contributed by atoms with van der Waals surface area (Å²) in [6, 6.07) is 7.03. The van der Waals surface area contributed by atoms with Crippen molar-refractivity contribution in [2.45, 2.75) is 51.9 Å². The number of carboxylic acids is 1. The lowest BCUT2D eigenvalue weighted by atomic mass is 10.0. The minimum Gasteiger partial charge on any atom is -0.497 e. The van der Waals surface area contributed by atoms with E-state index >= 15 is 0 Å². The number of aliphatic carboxylic acids is 1. The van der Waals surface area contributed by atoms with Crippen molar-refractivity contribution in [1.82, 2.24) is 0 Å². The van der Waals surface area contributed by atoms with Crippen LogP contribution in [-0.4, -0.2) is 24.0 Å². The fraction of sp³-hybridized carbons (Fsp3) is 0.600. The van der Waals surface area contributed by atoms with E-state index in [2.05, 4.69) is 6.92 Å². The molecule has 0 heterocycles. The van der Waals surface area contributed by atoms with Crippen LogP contribution in [0.25, 0.3) is 0 Å². The maximum Gasteiger partial charge on any atom is 0.307 e. The van der Waals surface area contributed by atoms with Crippen molar-refractivity contribution in [1.29, 1.82) is 0 Å². The molecule has 1 N–H and O–H groups in total. The largest absolute Gasteiger partial charge is 0.497 e. The van der Waals surface area contributed by atoms with E-state index in [4.69, 9.17) is 4.74 Å². The molecular formula is C20H28O4. The number of carboxylic acid groups (broad SMARTS) is 1. The normalized spacial score (nSPS) is 22.2. The number of ether oxygens (including phenoxy) is 1. The van der Waals surface area contributed by atoms with Gasteiger partial charge < -0.3 is 9.84 Å². The van der Waals surface area contributed by atoms with Crippen LogP contribution in [0.15, 0.2) is 24.3 Å². The van der Waals surface area contributed by atoms with Gasteiger partial charge in [-0.1, -0.05) is 39.0 Å². The van der Waals surface area contributed by atoms with Gasteiger partial charge in [-0.15, -0.1) is 0 Å². The highest BCUT2D eigenvalue weighted by molar-refractivity contribution is 5.97. The highest BCUT2D eigenvalue weighted by Gasteiger charge is 2.54. The Kier molecular flexibility index (Phi) is 6.83. The van der Waals surface area contributed by atoms with Crippen LogP contribution in [0.4, 0.5) is 0 Å². The third kappa shape index (κ3) is 4.83. The van der Waals surface area contributed by atoms with Crippen LogP contribution in [-0.2, 0) is 4.79 Å². The molecule has 0 saturated heterocycles.